The molecule has 1 amide bonds. The highest BCUT2D eigenvalue weighted by Crippen LogP contribution is 2.25. The van der Waals surface area contributed by atoms with E-state index in [4.69, 9.17) is 5.84 Å². The molecule has 0 aromatic carbocycles. The Hall–Kier alpha value is -0.260. The van der Waals surface area contributed by atoms with E-state index in [9.17, 15) is 9.90 Å². The number of hydrogen-bond donors (Lipinski definition) is 3. The Morgan fingerprint density at radius 3 is 2.43 bits per heavy atom. The van der Waals surface area contributed by atoms with Gasteiger partial charge in [0.1, 0.15) is 0 Å². The molecule has 2 unspecified atom stereocenters. The third kappa shape index (κ3) is 4.30. The molecule has 0 rings (SSSR count). The lowest BCUT2D eigenvalue weighted by molar-refractivity contribution is -0.128. The zero-order valence-electron chi connectivity index (χ0n) is 9.20. The van der Waals surface area contributed by atoms with Crippen LogP contribution in [-0.4, -0.2) is 28.1 Å². The molecular weight excluding hydrogens is 200 g/mol. The highest BCUT2D eigenvalue weighted by molar-refractivity contribution is 8.00. The van der Waals surface area contributed by atoms with E-state index in [1.165, 1.54) is 0 Å². The van der Waals surface area contributed by atoms with Crippen LogP contribution >= 0.6 is 11.8 Å². The van der Waals surface area contributed by atoms with Crippen LogP contribution in [0.15, 0.2) is 0 Å². The Labute approximate surface area is 89.6 Å². The summed E-state index contributed by atoms with van der Waals surface area (Å²) in [6.45, 7) is 7.34. The fourth-order valence-corrected chi connectivity index (χ4v) is 1.83. The highest BCUT2D eigenvalue weighted by Gasteiger charge is 2.28. The van der Waals surface area contributed by atoms with Crippen LogP contribution in [0.25, 0.3) is 0 Å². The number of amides is 1. The van der Waals surface area contributed by atoms with Gasteiger partial charge in [-0.15, -0.1) is 0 Å². The smallest absolute Gasteiger partial charge is 0.240 e. The highest BCUT2D eigenvalue weighted by atomic mass is 32.2. The molecule has 14 heavy (non-hydrogen) atoms. The van der Waals surface area contributed by atoms with Crippen molar-refractivity contribution < 1.29 is 9.90 Å². The fourth-order valence-electron chi connectivity index (χ4n) is 0.740. The zero-order chi connectivity index (χ0) is 11.4. The van der Waals surface area contributed by atoms with Gasteiger partial charge in [0, 0.05) is 11.0 Å². The number of aliphatic hydroxyl groups is 1. The molecular formula is C9H20N2O2S. The molecule has 0 fully saturated rings. The van der Waals surface area contributed by atoms with Crippen molar-refractivity contribution in [2.45, 2.75) is 39.0 Å². The van der Waals surface area contributed by atoms with Gasteiger partial charge in [-0.25, -0.2) is 5.84 Å². The average Bonchev–Trinajstić information content (AvgIpc) is 2.12. The van der Waals surface area contributed by atoms with Gasteiger partial charge in [-0.2, -0.15) is 11.8 Å². The maximum atomic E-state index is 11.3. The molecule has 0 aromatic heterocycles. The van der Waals surface area contributed by atoms with E-state index >= 15 is 0 Å². The first kappa shape index (κ1) is 13.7. The van der Waals surface area contributed by atoms with Gasteiger partial charge in [0.15, 0.2) is 0 Å². The normalized spacial score (nSPS) is 16.1. The van der Waals surface area contributed by atoms with Gasteiger partial charge in [-0.3, -0.25) is 10.2 Å². The molecule has 0 bridgehead atoms. The van der Waals surface area contributed by atoms with E-state index in [0.717, 1.165) is 0 Å². The molecule has 0 spiro atoms. The predicted octanol–water partition coefficient (Wildman–Crippen LogP) is 0.505. The minimum absolute atomic E-state index is 0.125. The number of carbonyl (C=O) groups excluding carboxylic acids is 1. The van der Waals surface area contributed by atoms with Gasteiger partial charge in [0.2, 0.25) is 5.91 Å². The number of hydrogen-bond acceptors (Lipinski definition) is 4. The zero-order valence-corrected chi connectivity index (χ0v) is 10.0. The molecule has 0 heterocycles. The molecule has 0 aliphatic heterocycles. The minimum Gasteiger partial charge on any atom is -0.392 e. The van der Waals surface area contributed by atoms with Crippen molar-refractivity contribution in [3.8, 4) is 0 Å². The number of hydrazine groups is 1. The van der Waals surface area contributed by atoms with E-state index in [2.05, 4.69) is 5.43 Å². The summed E-state index contributed by atoms with van der Waals surface area (Å²) in [5.41, 5.74) is 1.65. The molecule has 5 heteroatoms. The maximum Gasteiger partial charge on any atom is 0.240 e. The quantitative estimate of drug-likeness (QED) is 0.358. The standard InChI is InChI=1S/C9H20N2O2S/c1-6(12)7(2)14-5-9(3,4)8(13)11-10/h6-7,12H,5,10H2,1-4H3,(H,11,13). The van der Waals surface area contributed by atoms with Gasteiger partial charge in [-0.1, -0.05) is 20.8 Å². The molecule has 0 saturated carbocycles. The van der Waals surface area contributed by atoms with Gasteiger partial charge >= 0.3 is 0 Å². The number of nitrogens with one attached hydrogen (secondary N) is 1. The first-order valence-corrected chi connectivity index (χ1v) is 5.67. The van der Waals surface area contributed by atoms with Gasteiger partial charge in [0.05, 0.1) is 11.5 Å². The van der Waals surface area contributed by atoms with Crippen LogP contribution in [0.4, 0.5) is 0 Å². The molecule has 84 valence electrons. The van der Waals surface area contributed by atoms with Crippen LogP contribution in [0, 0.1) is 5.41 Å². The van der Waals surface area contributed by atoms with Crippen LogP contribution in [-0.2, 0) is 4.79 Å². The van der Waals surface area contributed by atoms with E-state index in [-0.39, 0.29) is 17.3 Å². The van der Waals surface area contributed by atoms with E-state index in [1.54, 1.807) is 18.7 Å². The van der Waals surface area contributed by atoms with E-state index in [1.807, 2.05) is 20.8 Å². The monoisotopic (exact) mass is 220 g/mol. The summed E-state index contributed by atoms with van der Waals surface area (Å²) in [6, 6.07) is 0. The number of aliphatic hydroxyl groups excluding tert-OH is 1. The third-order valence-corrected chi connectivity index (χ3v) is 3.94. The summed E-state index contributed by atoms with van der Waals surface area (Å²) >= 11 is 1.57. The van der Waals surface area contributed by atoms with Crippen LogP contribution in [0.3, 0.4) is 0 Å². The molecule has 0 aromatic rings. The number of carbonyl (C=O) groups is 1. The fraction of sp³-hybridized carbons (Fsp3) is 0.889. The SMILES string of the molecule is CC(O)C(C)SCC(C)(C)C(=O)NN. The lowest BCUT2D eigenvalue weighted by atomic mass is 9.96. The van der Waals surface area contributed by atoms with Crippen LogP contribution in [0.1, 0.15) is 27.7 Å². The Morgan fingerprint density at radius 1 is 1.57 bits per heavy atom. The topological polar surface area (TPSA) is 75.3 Å². The van der Waals surface area contributed by atoms with E-state index < -0.39 is 5.41 Å². The third-order valence-electron chi connectivity index (χ3n) is 2.13. The minimum atomic E-state index is -0.497. The van der Waals surface area contributed by atoms with Crippen LogP contribution in [0.2, 0.25) is 0 Å². The molecule has 0 aliphatic carbocycles. The molecule has 0 radical (unpaired) electrons. The molecule has 4 nitrogen and oxygen atoms in total. The van der Waals surface area contributed by atoms with Crippen molar-refractivity contribution in [1.29, 1.82) is 0 Å². The average molecular weight is 220 g/mol. The first-order valence-electron chi connectivity index (χ1n) is 4.62. The second-order valence-electron chi connectivity index (χ2n) is 4.11. The summed E-state index contributed by atoms with van der Waals surface area (Å²) in [5, 5.41) is 9.39. The number of thioether (sulfide) groups is 1. The first-order chi connectivity index (χ1) is 6.31. The summed E-state index contributed by atoms with van der Waals surface area (Å²) in [6.07, 6.45) is -0.364. The Morgan fingerprint density at radius 2 is 2.07 bits per heavy atom. The Kier molecular flexibility index (Phi) is 5.48. The largest absolute Gasteiger partial charge is 0.392 e. The Bertz CT molecular complexity index is 195. The van der Waals surface area contributed by atoms with Crippen LogP contribution < -0.4 is 11.3 Å². The number of rotatable bonds is 5. The Balaban J connectivity index is 4.05. The van der Waals surface area contributed by atoms with Gasteiger partial charge < -0.3 is 5.11 Å². The lowest BCUT2D eigenvalue weighted by Crippen LogP contribution is -2.42. The molecule has 4 N–H and O–H groups in total. The summed E-state index contributed by atoms with van der Waals surface area (Å²) in [5.74, 6) is 5.53. The molecule has 0 saturated heterocycles. The second-order valence-corrected chi connectivity index (χ2v) is 5.48. The van der Waals surface area contributed by atoms with Crippen molar-refractivity contribution in [3.63, 3.8) is 0 Å². The second kappa shape index (κ2) is 5.58. The summed E-state index contributed by atoms with van der Waals surface area (Å²) in [7, 11) is 0. The van der Waals surface area contributed by atoms with Gasteiger partial charge in [0.25, 0.3) is 0 Å². The van der Waals surface area contributed by atoms with Gasteiger partial charge in [-0.05, 0) is 6.92 Å². The van der Waals surface area contributed by atoms with Crippen molar-refractivity contribution in [1.82, 2.24) is 5.43 Å². The summed E-state index contributed by atoms with van der Waals surface area (Å²) < 4.78 is 0. The summed E-state index contributed by atoms with van der Waals surface area (Å²) in [4.78, 5) is 11.3. The van der Waals surface area contributed by atoms with Crippen molar-refractivity contribution >= 4 is 17.7 Å². The van der Waals surface area contributed by atoms with Crippen molar-refractivity contribution in [2.24, 2.45) is 11.3 Å². The molecule has 0 aliphatic rings. The van der Waals surface area contributed by atoms with Crippen molar-refractivity contribution in [3.05, 3.63) is 0 Å². The van der Waals surface area contributed by atoms with E-state index in [0.29, 0.717) is 5.75 Å². The van der Waals surface area contributed by atoms with Crippen LogP contribution in [0.5, 0.6) is 0 Å². The molecule has 2 atom stereocenters. The van der Waals surface area contributed by atoms with Crippen molar-refractivity contribution in [2.75, 3.05) is 5.75 Å². The lowest BCUT2D eigenvalue weighted by Gasteiger charge is -2.24. The maximum absolute atomic E-state index is 11.3. The predicted molar refractivity (Wildman–Crippen MR) is 59.7 cm³/mol. The number of nitrogens with two attached hydrogens (primary N) is 1.